The maximum atomic E-state index is 5.91. The van der Waals surface area contributed by atoms with Crippen molar-refractivity contribution in [2.45, 2.75) is 47.2 Å². The molecule has 0 bridgehead atoms. The van der Waals surface area contributed by atoms with Gasteiger partial charge in [-0.05, 0) is 37.4 Å². The molecular formula is C13H24OSi. The lowest BCUT2D eigenvalue weighted by Gasteiger charge is -2.24. The van der Waals surface area contributed by atoms with Crippen LogP contribution in [-0.4, -0.2) is 14.9 Å². The molecule has 1 aliphatic rings. The van der Waals surface area contributed by atoms with Gasteiger partial charge in [-0.3, -0.25) is 0 Å². The van der Waals surface area contributed by atoms with E-state index in [0.717, 1.165) is 13.0 Å². The monoisotopic (exact) mass is 224 g/mol. The Morgan fingerprint density at radius 2 is 1.93 bits per heavy atom. The van der Waals surface area contributed by atoms with Crippen molar-refractivity contribution >= 4 is 8.32 Å². The second-order valence-electron chi connectivity index (χ2n) is 5.73. The predicted octanol–water partition coefficient (Wildman–Crippen LogP) is 4.07. The van der Waals surface area contributed by atoms with Crippen molar-refractivity contribution in [1.82, 2.24) is 0 Å². The van der Waals surface area contributed by atoms with Gasteiger partial charge in [-0.1, -0.05) is 38.1 Å². The summed E-state index contributed by atoms with van der Waals surface area (Å²) < 4.78 is 5.91. The molecular weight excluding hydrogens is 200 g/mol. The minimum Gasteiger partial charge on any atom is -0.414 e. The van der Waals surface area contributed by atoms with Gasteiger partial charge in [0.05, 0.1) is 0 Å². The van der Waals surface area contributed by atoms with Gasteiger partial charge in [0.1, 0.15) is 0 Å². The molecule has 0 radical (unpaired) electrons. The average Bonchev–Trinajstić information content (AvgIpc) is 2.50. The van der Waals surface area contributed by atoms with Crippen LogP contribution in [0.3, 0.4) is 0 Å². The Bertz CT molecular complexity index is 292. The SMILES string of the molecule is CCO[Si](C)(C)C1=CC(C(C)(C)C)=CC1. The van der Waals surface area contributed by atoms with E-state index in [4.69, 9.17) is 4.43 Å². The van der Waals surface area contributed by atoms with Gasteiger partial charge < -0.3 is 4.43 Å². The van der Waals surface area contributed by atoms with Crippen LogP contribution in [0.15, 0.2) is 22.9 Å². The molecule has 1 rings (SSSR count). The number of hydrogen-bond acceptors (Lipinski definition) is 1. The Balaban J connectivity index is 2.79. The van der Waals surface area contributed by atoms with Crippen LogP contribution >= 0.6 is 0 Å². The smallest absolute Gasteiger partial charge is 0.214 e. The van der Waals surface area contributed by atoms with Crippen molar-refractivity contribution in [1.29, 1.82) is 0 Å². The van der Waals surface area contributed by atoms with E-state index in [9.17, 15) is 0 Å². The van der Waals surface area contributed by atoms with E-state index in [2.05, 4.69) is 52.9 Å². The van der Waals surface area contributed by atoms with Crippen molar-refractivity contribution in [2.24, 2.45) is 5.41 Å². The second-order valence-corrected chi connectivity index (χ2v) is 9.68. The first-order valence-corrected chi connectivity index (χ1v) is 8.74. The molecule has 0 aromatic rings. The van der Waals surface area contributed by atoms with Crippen LogP contribution in [-0.2, 0) is 4.43 Å². The van der Waals surface area contributed by atoms with Gasteiger partial charge >= 0.3 is 0 Å². The minimum atomic E-state index is -1.58. The summed E-state index contributed by atoms with van der Waals surface area (Å²) in [5, 5.41) is 1.54. The molecule has 0 saturated carbocycles. The number of rotatable bonds is 3. The molecule has 0 spiro atoms. The van der Waals surface area contributed by atoms with Crippen LogP contribution in [0, 0.1) is 5.41 Å². The summed E-state index contributed by atoms with van der Waals surface area (Å²) in [5.74, 6) is 0. The Kier molecular flexibility index (Phi) is 3.62. The van der Waals surface area contributed by atoms with Gasteiger partial charge in [-0.15, -0.1) is 0 Å². The highest BCUT2D eigenvalue weighted by molar-refractivity contribution is 6.78. The Morgan fingerprint density at radius 1 is 1.33 bits per heavy atom. The van der Waals surface area contributed by atoms with E-state index in [0.29, 0.717) is 0 Å². The van der Waals surface area contributed by atoms with Crippen LogP contribution in [0.2, 0.25) is 13.1 Å². The molecule has 0 heterocycles. The molecule has 0 N–H and O–H groups in total. The fourth-order valence-corrected chi connectivity index (χ4v) is 3.93. The lowest BCUT2D eigenvalue weighted by Crippen LogP contribution is -2.33. The van der Waals surface area contributed by atoms with Crippen LogP contribution < -0.4 is 0 Å². The zero-order valence-corrected chi connectivity index (χ0v) is 12.0. The zero-order chi connectivity index (χ0) is 11.7. The van der Waals surface area contributed by atoms with Gasteiger partial charge in [-0.2, -0.15) is 0 Å². The standard InChI is InChI=1S/C13H24OSi/c1-7-14-15(5,6)12-9-8-11(10-12)13(2,3)4/h8,10H,7,9H2,1-6H3. The predicted molar refractivity (Wildman–Crippen MR) is 69.3 cm³/mol. The quantitative estimate of drug-likeness (QED) is 0.657. The highest BCUT2D eigenvalue weighted by Gasteiger charge is 2.31. The van der Waals surface area contributed by atoms with E-state index in [1.165, 1.54) is 10.8 Å². The molecule has 0 saturated heterocycles. The van der Waals surface area contributed by atoms with Crippen molar-refractivity contribution < 1.29 is 4.43 Å². The molecule has 0 amide bonds. The van der Waals surface area contributed by atoms with Crippen LogP contribution in [0.1, 0.15) is 34.1 Å². The Labute approximate surface area is 95.4 Å². The molecule has 1 aliphatic carbocycles. The normalized spacial score (nSPS) is 17.7. The zero-order valence-electron chi connectivity index (χ0n) is 11.0. The summed E-state index contributed by atoms with van der Waals surface area (Å²) in [6.45, 7) is 14.3. The third-order valence-electron chi connectivity index (χ3n) is 3.02. The van der Waals surface area contributed by atoms with Gasteiger partial charge in [0, 0.05) is 6.61 Å². The van der Waals surface area contributed by atoms with Gasteiger partial charge in [0.15, 0.2) is 0 Å². The van der Waals surface area contributed by atoms with Crippen LogP contribution in [0.5, 0.6) is 0 Å². The largest absolute Gasteiger partial charge is 0.414 e. The first-order valence-electron chi connectivity index (χ1n) is 5.83. The maximum Gasteiger partial charge on any atom is 0.214 e. The van der Waals surface area contributed by atoms with Crippen molar-refractivity contribution in [3.05, 3.63) is 22.9 Å². The first kappa shape index (κ1) is 12.7. The lowest BCUT2D eigenvalue weighted by molar-refractivity contribution is 0.335. The molecule has 1 nitrogen and oxygen atoms in total. The highest BCUT2D eigenvalue weighted by Crippen LogP contribution is 2.35. The summed E-state index contributed by atoms with van der Waals surface area (Å²) in [5.41, 5.74) is 1.75. The molecule has 2 heteroatoms. The number of allylic oxidation sites excluding steroid dienone is 4. The topological polar surface area (TPSA) is 9.23 Å². The third-order valence-corrected chi connectivity index (χ3v) is 5.92. The average molecular weight is 224 g/mol. The van der Waals surface area contributed by atoms with Crippen molar-refractivity contribution in [3.8, 4) is 0 Å². The van der Waals surface area contributed by atoms with E-state index in [1.807, 2.05) is 0 Å². The maximum absolute atomic E-state index is 5.91. The molecule has 86 valence electrons. The Hall–Kier alpha value is -0.343. The summed E-state index contributed by atoms with van der Waals surface area (Å²) in [6.07, 6.45) is 5.84. The molecule has 0 atom stereocenters. The molecule has 0 fully saturated rings. The van der Waals surface area contributed by atoms with Gasteiger partial charge in [0.2, 0.25) is 8.32 Å². The summed E-state index contributed by atoms with van der Waals surface area (Å²) in [4.78, 5) is 0. The number of hydrogen-bond donors (Lipinski definition) is 0. The molecule has 0 unspecified atom stereocenters. The van der Waals surface area contributed by atoms with E-state index < -0.39 is 8.32 Å². The fraction of sp³-hybridized carbons (Fsp3) is 0.692. The molecule has 0 aromatic carbocycles. The van der Waals surface area contributed by atoms with Gasteiger partial charge in [-0.25, -0.2) is 0 Å². The summed E-state index contributed by atoms with van der Waals surface area (Å²) >= 11 is 0. The van der Waals surface area contributed by atoms with Gasteiger partial charge in [0.25, 0.3) is 0 Å². The first-order chi connectivity index (χ1) is 6.77. The van der Waals surface area contributed by atoms with Crippen molar-refractivity contribution in [3.63, 3.8) is 0 Å². The fourth-order valence-electron chi connectivity index (χ4n) is 1.92. The van der Waals surface area contributed by atoms with E-state index >= 15 is 0 Å². The molecule has 0 aromatic heterocycles. The van der Waals surface area contributed by atoms with E-state index in [-0.39, 0.29) is 5.41 Å². The third kappa shape index (κ3) is 3.05. The summed E-state index contributed by atoms with van der Waals surface area (Å²) in [6, 6.07) is 0. The minimum absolute atomic E-state index is 0.276. The molecule has 15 heavy (non-hydrogen) atoms. The van der Waals surface area contributed by atoms with E-state index in [1.54, 1.807) is 0 Å². The molecule has 0 aliphatic heterocycles. The highest BCUT2D eigenvalue weighted by atomic mass is 28.4. The Morgan fingerprint density at radius 3 is 2.33 bits per heavy atom. The van der Waals surface area contributed by atoms with Crippen molar-refractivity contribution in [2.75, 3.05) is 6.61 Å². The van der Waals surface area contributed by atoms with Crippen LogP contribution in [0.25, 0.3) is 0 Å². The van der Waals surface area contributed by atoms with Crippen LogP contribution in [0.4, 0.5) is 0 Å². The second kappa shape index (κ2) is 4.26. The summed E-state index contributed by atoms with van der Waals surface area (Å²) in [7, 11) is -1.58. The lowest BCUT2D eigenvalue weighted by atomic mass is 9.87.